The third-order valence-corrected chi connectivity index (χ3v) is 1.26. The molecule has 0 aliphatic carbocycles. The smallest absolute Gasteiger partial charge is 0.201 e. The lowest BCUT2D eigenvalue weighted by atomic mass is 10.2. The first-order valence-corrected chi connectivity index (χ1v) is 3.47. The van der Waals surface area contributed by atoms with Gasteiger partial charge in [-0.15, -0.1) is 0 Å². The van der Waals surface area contributed by atoms with E-state index in [1.54, 1.807) is 0 Å². The van der Waals surface area contributed by atoms with Crippen LogP contribution in [0.3, 0.4) is 0 Å². The molecule has 1 aromatic rings. The Hall–Kier alpha value is -0.990. The van der Waals surface area contributed by atoms with Crippen molar-refractivity contribution in [3.05, 3.63) is 18.5 Å². The summed E-state index contributed by atoms with van der Waals surface area (Å²) in [6, 6.07) is 0. The van der Waals surface area contributed by atoms with E-state index in [0.717, 1.165) is 18.7 Å². The second-order valence-corrected chi connectivity index (χ2v) is 2.11. The minimum Gasteiger partial charge on any atom is -0.221 e. The lowest BCUT2D eigenvalue weighted by Crippen LogP contribution is -1.94. The van der Waals surface area contributed by atoms with Gasteiger partial charge in [0.15, 0.2) is 0 Å². The second kappa shape index (κ2) is 3.93. The van der Waals surface area contributed by atoms with Gasteiger partial charge in [0.1, 0.15) is 12.2 Å². The summed E-state index contributed by atoms with van der Waals surface area (Å²) in [7, 11) is 0. The van der Waals surface area contributed by atoms with Crippen LogP contribution >= 0.6 is 0 Å². The number of unbranched alkanes of at least 4 members (excludes halogenated alkanes) is 1. The van der Waals surface area contributed by atoms with Gasteiger partial charge in [-0.25, -0.2) is 15.0 Å². The first kappa shape index (κ1) is 7.12. The maximum Gasteiger partial charge on any atom is 0.201 e. The molecule has 1 rings (SSSR count). The molecule has 0 unspecified atom stereocenters. The fourth-order valence-electron chi connectivity index (χ4n) is 0.692. The lowest BCUT2D eigenvalue weighted by molar-refractivity contribution is 0.742. The molecule has 0 bridgehead atoms. The Bertz CT molecular complexity index is 173. The molecule has 0 aliphatic rings. The van der Waals surface area contributed by atoms with Gasteiger partial charge in [-0.2, -0.15) is 0 Å². The van der Waals surface area contributed by atoms with Crippen LogP contribution in [0.1, 0.15) is 25.6 Å². The number of hydrogen-bond donors (Lipinski definition) is 0. The topological polar surface area (TPSA) is 38.7 Å². The summed E-state index contributed by atoms with van der Waals surface area (Å²) in [5.41, 5.74) is 0. The normalized spacial score (nSPS) is 9.70. The highest BCUT2D eigenvalue weighted by atomic mass is 15.0. The van der Waals surface area contributed by atoms with E-state index >= 15 is 0 Å². The number of aromatic nitrogens is 3. The molecule has 0 N–H and O–H groups in total. The van der Waals surface area contributed by atoms with Gasteiger partial charge in [0, 0.05) is 6.42 Å². The minimum atomic E-state index is 0.844. The quantitative estimate of drug-likeness (QED) is 0.622. The van der Waals surface area contributed by atoms with Gasteiger partial charge in [0.05, 0.1) is 0 Å². The van der Waals surface area contributed by atoms with Gasteiger partial charge >= 0.3 is 0 Å². The minimum absolute atomic E-state index is 0.844. The highest BCUT2D eigenvalue weighted by molar-refractivity contribution is 4.79. The molecule has 0 amide bonds. The molecule has 0 saturated carbocycles. The Morgan fingerprint density at radius 1 is 1.60 bits per heavy atom. The van der Waals surface area contributed by atoms with Gasteiger partial charge < -0.3 is 0 Å². The summed E-state index contributed by atoms with van der Waals surface area (Å²) >= 11 is 0. The van der Waals surface area contributed by atoms with E-state index in [9.17, 15) is 0 Å². The van der Waals surface area contributed by atoms with Crippen LogP contribution in [0.15, 0.2) is 6.33 Å². The molecule has 0 fully saturated rings. The van der Waals surface area contributed by atoms with Crippen LogP contribution in [0.4, 0.5) is 0 Å². The van der Waals surface area contributed by atoms with Gasteiger partial charge in [-0.1, -0.05) is 13.3 Å². The molecule has 53 valence electrons. The van der Waals surface area contributed by atoms with E-state index < -0.39 is 0 Å². The number of hydrogen-bond acceptors (Lipinski definition) is 3. The van der Waals surface area contributed by atoms with Crippen molar-refractivity contribution in [3.63, 3.8) is 0 Å². The highest BCUT2D eigenvalue weighted by Gasteiger charge is 1.91. The molecule has 10 heavy (non-hydrogen) atoms. The number of aryl methyl sites for hydroxylation is 1. The van der Waals surface area contributed by atoms with E-state index in [0.29, 0.717) is 0 Å². The lowest BCUT2D eigenvalue weighted by Gasteiger charge is -1.93. The van der Waals surface area contributed by atoms with Crippen LogP contribution in [0.25, 0.3) is 0 Å². The van der Waals surface area contributed by atoms with Crippen LogP contribution < -0.4 is 0 Å². The van der Waals surface area contributed by atoms with Crippen LogP contribution in [0, 0.1) is 6.33 Å². The van der Waals surface area contributed by atoms with Crippen molar-refractivity contribution in [1.82, 2.24) is 15.0 Å². The van der Waals surface area contributed by atoms with E-state index in [-0.39, 0.29) is 0 Å². The van der Waals surface area contributed by atoms with Crippen molar-refractivity contribution >= 4 is 0 Å². The molecule has 3 heteroatoms. The molecule has 1 aromatic heterocycles. The van der Waals surface area contributed by atoms with Crippen molar-refractivity contribution in [3.8, 4) is 0 Å². The molecule has 1 heterocycles. The summed E-state index contributed by atoms with van der Waals surface area (Å²) in [5, 5.41) is 0. The van der Waals surface area contributed by atoms with E-state index in [4.69, 9.17) is 0 Å². The average Bonchev–Trinajstić information content (AvgIpc) is 2.03. The van der Waals surface area contributed by atoms with Gasteiger partial charge in [0.25, 0.3) is 0 Å². The first-order chi connectivity index (χ1) is 4.93. The van der Waals surface area contributed by atoms with Gasteiger partial charge in [-0.3, -0.25) is 0 Å². The Kier molecular flexibility index (Phi) is 2.80. The molecule has 0 aliphatic heterocycles. The van der Waals surface area contributed by atoms with Crippen molar-refractivity contribution in [2.24, 2.45) is 0 Å². The Balaban J connectivity index is 2.43. The predicted molar refractivity (Wildman–Crippen MR) is 37.3 cm³/mol. The van der Waals surface area contributed by atoms with Crippen LogP contribution in [-0.4, -0.2) is 15.0 Å². The maximum atomic E-state index is 3.96. The van der Waals surface area contributed by atoms with Crippen molar-refractivity contribution in [2.45, 2.75) is 26.2 Å². The monoisotopic (exact) mass is 136 g/mol. The molecular formula is C7H10N3. The first-order valence-electron chi connectivity index (χ1n) is 3.47. The van der Waals surface area contributed by atoms with Crippen molar-refractivity contribution < 1.29 is 0 Å². The van der Waals surface area contributed by atoms with Crippen LogP contribution in [0.2, 0.25) is 0 Å². The molecule has 0 saturated heterocycles. The molecule has 1 radical (unpaired) electrons. The zero-order valence-electron chi connectivity index (χ0n) is 6.04. The summed E-state index contributed by atoms with van der Waals surface area (Å²) in [6.45, 7) is 2.14. The number of nitrogens with zero attached hydrogens (tertiary/aromatic N) is 3. The van der Waals surface area contributed by atoms with E-state index in [1.807, 2.05) is 0 Å². The van der Waals surface area contributed by atoms with Gasteiger partial charge in [-0.05, 0) is 6.42 Å². The third-order valence-electron chi connectivity index (χ3n) is 1.26. The molecule has 0 spiro atoms. The fourth-order valence-corrected chi connectivity index (χ4v) is 0.692. The van der Waals surface area contributed by atoms with Crippen molar-refractivity contribution in [1.29, 1.82) is 0 Å². The van der Waals surface area contributed by atoms with E-state index in [1.165, 1.54) is 12.7 Å². The van der Waals surface area contributed by atoms with Crippen molar-refractivity contribution in [2.75, 3.05) is 0 Å². The summed E-state index contributed by atoms with van der Waals surface area (Å²) in [5.74, 6) is 0.844. The summed E-state index contributed by atoms with van der Waals surface area (Å²) in [4.78, 5) is 11.4. The zero-order chi connectivity index (χ0) is 7.23. The summed E-state index contributed by atoms with van der Waals surface area (Å²) < 4.78 is 0. The SMILES string of the molecule is CCCCc1n[c]ncn1. The maximum absolute atomic E-state index is 3.96. The second-order valence-electron chi connectivity index (χ2n) is 2.11. The van der Waals surface area contributed by atoms with E-state index in [2.05, 4.69) is 28.2 Å². The van der Waals surface area contributed by atoms with Crippen LogP contribution in [-0.2, 0) is 6.42 Å². The highest BCUT2D eigenvalue weighted by Crippen LogP contribution is 1.94. The third kappa shape index (κ3) is 2.09. The zero-order valence-corrected chi connectivity index (χ0v) is 6.04. The molecule has 0 atom stereocenters. The Labute approximate surface area is 60.6 Å². The standard InChI is InChI=1S/C7H10N3/c1-2-3-4-7-9-5-8-6-10-7/h5H,2-4H2,1H3. The summed E-state index contributed by atoms with van der Waals surface area (Å²) in [6.07, 6.45) is 7.24. The molecule has 3 nitrogen and oxygen atoms in total. The molecule has 0 aromatic carbocycles. The van der Waals surface area contributed by atoms with Crippen LogP contribution in [0.5, 0.6) is 0 Å². The Morgan fingerprint density at radius 3 is 3.10 bits per heavy atom. The van der Waals surface area contributed by atoms with Gasteiger partial charge in [0.2, 0.25) is 6.33 Å². The fraction of sp³-hybridized carbons (Fsp3) is 0.571. The molecular weight excluding hydrogens is 126 g/mol. The predicted octanol–water partition coefficient (Wildman–Crippen LogP) is 1.01. The largest absolute Gasteiger partial charge is 0.221 e. The Morgan fingerprint density at radius 2 is 2.50 bits per heavy atom. The number of rotatable bonds is 3. The average molecular weight is 136 g/mol.